The van der Waals surface area contributed by atoms with Gasteiger partial charge in [-0.1, -0.05) is 35.9 Å². The van der Waals surface area contributed by atoms with Crippen molar-refractivity contribution in [3.63, 3.8) is 0 Å². The highest BCUT2D eigenvalue weighted by Crippen LogP contribution is 2.42. The van der Waals surface area contributed by atoms with E-state index in [1.165, 1.54) is 12.1 Å². The summed E-state index contributed by atoms with van der Waals surface area (Å²) in [4.78, 5) is 0. The van der Waals surface area contributed by atoms with Crippen LogP contribution >= 0.6 is 11.6 Å². The third-order valence-corrected chi connectivity index (χ3v) is 5.07. The van der Waals surface area contributed by atoms with Gasteiger partial charge in [0, 0.05) is 28.7 Å². The van der Waals surface area contributed by atoms with Crippen LogP contribution < -0.4 is 5.32 Å². The van der Waals surface area contributed by atoms with E-state index in [0.29, 0.717) is 17.1 Å². The Balaban J connectivity index is 1.66. The summed E-state index contributed by atoms with van der Waals surface area (Å²) >= 11 is 6.06. The first kappa shape index (κ1) is 17.7. The predicted octanol–water partition coefficient (Wildman–Crippen LogP) is 6.29. The number of benzene rings is 3. The quantitative estimate of drug-likeness (QED) is 0.540. The van der Waals surface area contributed by atoms with Gasteiger partial charge < -0.3 is 10.4 Å². The van der Waals surface area contributed by atoms with Gasteiger partial charge in [0.15, 0.2) is 0 Å². The minimum atomic E-state index is -4.34. The Labute approximate surface area is 159 Å². The second-order valence-electron chi connectivity index (χ2n) is 6.51. The molecule has 1 aliphatic rings. The van der Waals surface area contributed by atoms with Crippen LogP contribution in [-0.2, 0) is 6.18 Å². The average Bonchev–Trinajstić information content (AvgIpc) is 3.06. The van der Waals surface area contributed by atoms with Gasteiger partial charge in [-0.3, -0.25) is 0 Å². The molecule has 27 heavy (non-hydrogen) atoms. The van der Waals surface area contributed by atoms with Crippen molar-refractivity contribution in [3.05, 3.63) is 82.4 Å². The smallest absolute Gasteiger partial charge is 0.416 e. The van der Waals surface area contributed by atoms with E-state index in [9.17, 15) is 18.3 Å². The van der Waals surface area contributed by atoms with Crippen LogP contribution in [0.2, 0.25) is 5.02 Å². The van der Waals surface area contributed by atoms with Crippen LogP contribution in [0.3, 0.4) is 0 Å². The van der Waals surface area contributed by atoms with E-state index < -0.39 is 11.7 Å². The molecule has 1 unspecified atom stereocenters. The molecule has 0 bridgehead atoms. The fourth-order valence-corrected chi connectivity index (χ4v) is 3.63. The molecule has 0 spiro atoms. The number of anilines is 1. The Kier molecular flexibility index (Phi) is 4.27. The molecular formula is C21H15ClF3NO. The second-order valence-corrected chi connectivity index (χ2v) is 6.95. The number of hydrogen-bond acceptors (Lipinski definition) is 2. The molecule has 1 aliphatic heterocycles. The van der Waals surface area contributed by atoms with Gasteiger partial charge in [-0.15, -0.1) is 0 Å². The maximum Gasteiger partial charge on any atom is 0.416 e. The number of halogens is 4. The molecule has 3 aromatic carbocycles. The third kappa shape index (κ3) is 3.35. The zero-order chi connectivity index (χ0) is 19.2. The standard InChI is InChI=1S/C21H15ClF3NO/c22-15-6-8-20(27)17(10-15)18-11-26-19-9-13(3-7-16(18)19)12-1-4-14(5-2-12)21(23,24)25/h1-10,18,26-27H,11H2. The SMILES string of the molecule is Oc1ccc(Cl)cc1C1CNc2cc(-c3ccc(C(F)(F)F)cc3)ccc21. The van der Waals surface area contributed by atoms with Gasteiger partial charge >= 0.3 is 6.18 Å². The summed E-state index contributed by atoms with van der Waals surface area (Å²) in [7, 11) is 0. The van der Waals surface area contributed by atoms with E-state index >= 15 is 0 Å². The Hall–Kier alpha value is -2.66. The molecule has 0 aliphatic carbocycles. The van der Waals surface area contributed by atoms with Crippen LogP contribution in [0.4, 0.5) is 18.9 Å². The van der Waals surface area contributed by atoms with E-state index in [2.05, 4.69) is 5.32 Å². The minimum absolute atomic E-state index is 0.0413. The Morgan fingerprint density at radius 2 is 1.59 bits per heavy atom. The molecule has 0 saturated carbocycles. The normalized spacial score (nSPS) is 16.1. The topological polar surface area (TPSA) is 32.3 Å². The van der Waals surface area contributed by atoms with Crippen LogP contribution in [0.5, 0.6) is 5.75 Å². The molecule has 3 aromatic rings. The zero-order valence-corrected chi connectivity index (χ0v) is 14.8. The van der Waals surface area contributed by atoms with Crippen LogP contribution in [0.15, 0.2) is 60.7 Å². The molecule has 2 nitrogen and oxygen atoms in total. The lowest BCUT2D eigenvalue weighted by atomic mass is 9.91. The summed E-state index contributed by atoms with van der Waals surface area (Å²) < 4.78 is 38.2. The molecule has 0 fully saturated rings. The van der Waals surface area contributed by atoms with E-state index in [0.717, 1.165) is 34.5 Å². The molecule has 0 amide bonds. The monoisotopic (exact) mass is 389 g/mol. The molecular weight excluding hydrogens is 375 g/mol. The van der Waals surface area contributed by atoms with Crippen molar-refractivity contribution < 1.29 is 18.3 Å². The first-order chi connectivity index (χ1) is 12.8. The zero-order valence-electron chi connectivity index (χ0n) is 14.0. The van der Waals surface area contributed by atoms with Gasteiger partial charge in [-0.25, -0.2) is 0 Å². The number of aromatic hydroxyl groups is 1. The Bertz CT molecular complexity index is 999. The van der Waals surface area contributed by atoms with E-state index in [4.69, 9.17) is 11.6 Å². The lowest BCUT2D eigenvalue weighted by Gasteiger charge is -2.13. The number of hydrogen-bond donors (Lipinski definition) is 2. The van der Waals surface area contributed by atoms with Crippen LogP contribution in [-0.4, -0.2) is 11.7 Å². The highest BCUT2D eigenvalue weighted by molar-refractivity contribution is 6.30. The fourth-order valence-electron chi connectivity index (χ4n) is 3.45. The van der Waals surface area contributed by atoms with Gasteiger partial charge in [0.1, 0.15) is 5.75 Å². The molecule has 4 rings (SSSR count). The van der Waals surface area contributed by atoms with E-state index in [-0.39, 0.29) is 11.7 Å². The molecule has 6 heteroatoms. The summed E-state index contributed by atoms with van der Waals surface area (Å²) in [5.74, 6) is 0.145. The first-order valence-corrected chi connectivity index (χ1v) is 8.74. The number of phenolic OH excluding ortho intramolecular Hbond substituents is 1. The fraction of sp³-hybridized carbons (Fsp3) is 0.143. The number of phenols is 1. The summed E-state index contributed by atoms with van der Waals surface area (Å²) in [5, 5.41) is 14.0. The molecule has 1 atom stereocenters. The van der Waals surface area contributed by atoms with Crippen molar-refractivity contribution in [1.82, 2.24) is 0 Å². The van der Waals surface area contributed by atoms with Crippen molar-refractivity contribution in [2.75, 3.05) is 11.9 Å². The predicted molar refractivity (Wildman–Crippen MR) is 100 cm³/mol. The van der Waals surface area contributed by atoms with Crippen LogP contribution in [0, 0.1) is 0 Å². The van der Waals surface area contributed by atoms with Crippen LogP contribution in [0.25, 0.3) is 11.1 Å². The van der Waals surface area contributed by atoms with Gasteiger partial charge in [-0.2, -0.15) is 13.2 Å². The molecule has 138 valence electrons. The summed E-state index contributed by atoms with van der Waals surface area (Å²) in [5.41, 5.74) is 3.53. The second kappa shape index (κ2) is 6.50. The maximum atomic E-state index is 12.7. The number of rotatable bonds is 2. The summed E-state index contributed by atoms with van der Waals surface area (Å²) in [6.07, 6.45) is -4.34. The number of fused-ring (bicyclic) bond motifs is 1. The average molecular weight is 390 g/mol. The number of nitrogens with one attached hydrogen (secondary N) is 1. The van der Waals surface area contributed by atoms with Gasteiger partial charge in [0.25, 0.3) is 0 Å². The Morgan fingerprint density at radius 1 is 0.889 bits per heavy atom. The van der Waals surface area contributed by atoms with E-state index in [1.807, 2.05) is 18.2 Å². The largest absolute Gasteiger partial charge is 0.508 e. The molecule has 2 N–H and O–H groups in total. The van der Waals surface area contributed by atoms with Crippen molar-refractivity contribution in [1.29, 1.82) is 0 Å². The van der Waals surface area contributed by atoms with Gasteiger partial charge in [0.2, 0.25) is 0 Å². The minimum Gasteiger partial charge on any atom is -0.508 e. The lowest BCUT2D eigenvalue weighted by Crippen LogP contribution is -2.04. The summed E-state index contributed by atoms with van der Waals surface area (Å²) in [6.45, 7) is 0.611. The highest BCUT2D eigenvalue weighted by Gasteiger charge is 2.30. The van der Waals surface area contributed by atoms with Gasteiger partial charge in [0.05, 0.1) is 5.56 Å². The van der Waals surface area contributed by atoms with Crippen molar-refractivity contribution in [2.45, 2.75) is 12.1 Å². The highest BCUT2D eigenvalue weighted by atomic mass is 35.5. The van der Waals surface area contributed by atoms with E-state index in [1.54, 1.807) is 18.2 Å². The molecule has 1 heterocycles. The van der Waals surface area contributed by atoms with Crippen molar-refractivity contribution in [3.8, 4) is 16.9 Å². The van der Waals surface area contributed by atoms with Crippen molar-refractivity contribution in [2.24, 2.45) is 0 Å². The lowest BCUT2D eigenvalue weighted by molar-refractivity contribution is -0.137. The molecule has 0 radical (unpaired) electrons. The van der Waals surface area contributed by atoms with Gasteiger partial charge in [-0.05, 0) is 53.1 Å². The Morgan fingerprint density at radius 3 is 2.30 bits per heavy atom. The number of alkyl halides is 3. The third-order valence-electron chi connectivity index (χ3n) is 4.84. The molecule has 0 saturated heterocycles. The van der Waals surface area contributed by atoms with Crippen molar-refractivity contribution >= 4 is 17.3 Å². The molecule has 0 aromatic heterocycles. The van der Waals surface area contributed by atoms with Crippen LogP contribution in [0.1, 0.15) is 22.6 Å². The maximum absolute atomic E-state index is 12.7. The first-order valence-electron chi connectivity index (χ1n) is 8.37. The summed E-state index contributed by atoms with van der Waals surface area (Å²) in [6, 6.07) is 15.8.